The van der Waals surface area contributed by atoms with Gasteiger partial charge in [0.1, 0.15) is 12.7 Å². The number of hydrogen-bond donors (Lipinski definition) is 1. The molecule has 2 N–H and O–H groups in total. The molecule has 2 heterocycles. The van der Waals surface area contributed by atoms with Crippen LogP contribution in [0, 0.1) is 5.41 Å². The second-order valence-corrected chi connectivity index (χ2v) is 5.61. The summed E-state index contributed by atoms with van der Waals surface area (Å²) < 4.78 is 1.86. The average molecular weight is 279 g/mol. The fraction of sp³-hybridized carbons (Fsp3) is 0.786. The van der Waals surface area contributed by atoms with Gasteiger partial charge in [0.2, 0.25) is 5.91 Å². The molecular formula is C14H25N5O. The Morgan fingerprint density at radius 2 is 2.20 bits per heavy atom. The van der Waals surface area contributed by atoms with Crippen molar-refractivity contribution in [1.29, 1.82) is 0 Å². The van der Waals surface area contributed by atoms with Crippen LogP contribution in [0.15, 0.2) is 12.7 Å². The number of carbonyl (C=O) groups is 1. The lowest BCUT2D eigenvalue weighted by Gasteiger charge is -2.39. The topological polar surface area (TPSA) is 77.0 Å². The van der Waals surface area contributed by atoms with Gasteiger partial charge in [-0.25, -0.2) is 9.67 Å². The van der Waals surface area contributed by atoms with Gasteiger partial charge in [0.15, 0.2) is 0 Å². The van der Waals surface area contributed by atoms with Crippen LogP contribution in [0.1, 0.15) is 45.6 Å². The minimum absolute atomic E-state index is 0.204. The first-order valence-corrected chi connectivity index (χ1v) is 7.50. The number of likely N-dealkylation sites (tertiary alicyclic amines) is 1. The molecule has 1 amide bonds. The zero-order valence-electron chi connectivity index (χ0n) is 12.5. The molecule has 1 unspecified atom stereocenters. The standard InChI is InChI=1S/C14H25N5O/c1-3-14(4-2,9-15)13(20)18-7-5-6-12(8-18)19-11-16-10-17-19/h10-12H,3-9,15H2,1-2H3. The highest BCUT2D eigenvalue weighted by molar-refractivity contribution is 5.83. The Balaban J connectivity index is 2.10. The summed E-state index contributed by atoms with van der Waals surface area (Å²) in [5.74, 6) is 0.204. The molecular weight excluding hydrogens is 254 g/mol. The van der Waals surface area contributed by atoms with Crippen LogP contribution >= 0.6 is 0 Å². The number of nitrogens with two attached hydrogens (primary N) is 1. The average Bonchev–Trinajstić information content (AvgIpc) is 3.04. The quantitative estimate of drug-likeness (QED) is 0.878. The highest BCUT2D eigenvalue weighted by Gasteiger charge is 2.38. The first-order valence-electron chi connectivity index (χ1n) is 7.50. The van der Waals surface area contributed by atoms with Crippen molar-refractivity contribution in [3.8, 4) is 0 Å². The summed E-state index contributed by atoms with van der Waals surface area (Å²) in [7, 11) is 0. The maximum absolute atomic E-state index is 12.8. The van der Waals surface area contributed by atoms with Crippen LogP contribution in [0.5, 0.6) is 0 Å². The second kappa shape index (κ2) is 6.35. The summed E-state index contributed by atoms with van der Waals surface area (Å²) in [6.07, 6.45) is 6.91. The lowest BCUT2D eigenvalue weighted by atomic mass is 9.80. The van der Waals surface area contributed by atoms with Crippen molar-refractivity contribution in [3.63, 3.8) is 0 Å². The summed E-state index contributed by atoms with van der Waals surface area (Å²) in [5.41, 5.74) is 5.49. The number of carbonyl (C=O) groups excluding carboxylic acids is 1. The van der Waals surface area contributed by atoms with Gasteiger partial charge in [-0.05, 0) is 25.7 Å². The van der Waals surface area contributed by atoms with Gasteiger partial charge in [0.05, 0.1) is 11.5 Å². The molecule has 6 nitrogen and oxygen atoms in total. The predicted octanol–water partition coefficient (Wildman–Crippen LogP) is 1.21. The Morgan fingerprint density at radius 1 is 1.45 bits per heavy atom. The molecule has 112 valence electrons. The summed E-state index contributed by atoms with van der Waals surface area (Å²) in [6, 6.07) is 0.236. The van der Waals surface area contributed by atoms with E-state index in [1.165, 1.54) is 0 Å². The van der Waals surface area contributed by atoms with Crippen LogP contribution < -0.4 is 5.73 Å². The molecule has 1 aromatic heterocycles. The van der Waals surface area contributed by atoms with Crippen LogP contribution in [0.2, 0.25) is 0 Å². The van der Waals surface area contributed by atoms with Crippen molar-refractivity contribution in [1.82, 2.24) is 19.7 Å². The van der Waals surface area contributed by atoms with Crippen LogP contribution in [0.3, 0.4) is 0 Å². The molecule has 1 aliphatic rings. The SMILES string of the molecule is CCC(CC)(CN)C(=O)N1CCCC(n2cncn2)C1. The minimum Gasteiger partial charge on any atom is -0.340 e. The first-order chi connectivity index (χ1) is 9.66. The van der Waals surface area contributed by atoms with E-state index in [1.807, 2.05) is 23.4 Å². The van der Waals surface area contributed by atoms with Crippen LogP contribution in [0.4, 0.5) is 0 Å². The maximum Gasteiger partial charge on any atom is 0.230 e. The number of amides is 1. The van der Waals surface area contributed by atoms with E-state index in [0.717, 1.165) is 32.2 Å². The molecule has 1 aromatic rings. The third-order valence-electron chi connectivity index (χ3n) is 4.69. The summed E-state index contributed by atoms with van der Waals surface area (Å²) >= 11 is 0. The molecule has 0 aromatic carbocycles. The van der Waals surface area contributed by atoms with Gasteiger partial charge < -0.3 is 10.6 Å². The monoisotopic (exact) mass is 279 g/mol. The van der Waals surface area contributed by atoms with Crippen molar-refractivity contribution in [2.75, 3.05) is 19.6 Å². The van der Waals surface area contributed by atoms with E-state index in [0.29, 0.717) is 13.1 Å². The number of nitrogens with zero attached hydrogens (tertiary/aromatic N) is 4. The molecule has 1 atom stereocenters. The molecule has 0 spiro atoms. The Bertz CT molecular complexity index is 419. The van der Waals surface area contributed by atoms with E-state index in [4.69, 9.17) is 5.73 Å². The largest absolute Gasteiger partial charge is 0.340 e. The molecule has 1 aliphatic heterocycles. The highest BCUT2D eigenvalue weighted by atomic mass is 16.2. The van der Waals surface area contributed by atoms with Crippen molar-refractivity contribution >= 4 is 5.91 Å². The van der Waals surface area contributed by atoms with E-state index in [9.17, 15) is 4.79 Å². The van der Waals surface area contributed by atoms with E-state index < -0.39 is 5.41 Å². The van der Waals surface area contributed by atoms with Crippen LogP contribution in [-0.4, -0.2) is 45.2 Å². The van der Waals surface area contributed by atoms with E-state index in [1.54, 1.807) is 12.7 Å². The Hall–Kier alpha value is -1.43. The molecule has 6 heteroatoms. The van der Waals surface area contributed by atoms with E-state index in [-0.39, 0.29) is 11.9 Å². The Morgan fingerprint density at radius 3 is 2.75 bits per heavy atom. The van der Waals surface area contributed by atoms with Gasteiger partial charge in [0.25, 0.3) is 0 Å². The third-order valence-corrected chi connectivity index (χ3v) is 4.69. The molecule has 1 fully saturated rings. The van der Waals surface area contributed by atoms with Crippen molar-refractivity contribution in [2.45, 2.75) is 45.6 Å². The second-order valence-electron chi connectivity index (χ2n) is 5.61. The van der Waals surface area contributed by atoms with Crippen LogP contribution in [0.25, 0.3) is 0 Å². The molecule has 0 radical (unpaired) electrons. The molecule has 0 bridgehead atoms. The van der Waals surface area contributed by atoms with E-state index in [2.05, 4.69) is 10.1 Å². The minimum atomic E-state index is -0.399. The van der Waals surface area contributed by atoms with Crippen molar-refractivity contribution < 1.29 is 4.79 Å². The number of hydrogen-bond acceptors (Lipinski definition) is 4. The molecule has 20 heavy (non-hydrogen) atoms. The zero-order chi connectivity index (χ0) is 14.6. The first kappa shape index (κ1) is 15.0. The predicted molar refractivity (Wildman–Crippen MR) is 76.9 cm³/mol. The van der Waals surface area contributed by atoms with Crippen molar-refractivity contribution in [2.24, 2.45) is 11.1 Å². The summed E-state index contributed by atoms with van der Waals surface area (Å²) in [5, 5.41) is 4.20. The van der Waals surface area contributed by atoms with Crippen molar-refractivity contribution in [3.05, 3.63) is 12.7 Å². The van der Waals surface area contributed by atoms with E-state index >= 15 is 0 Å². The third kappa shape index (κ3) is 2.70. The van der Waals surface area contributed by atoms with Gasteiger partial charge in [-0.15, -0.1) is 0 Å². The molecule has 1 saturated heterocycles. The fourth-order valence-corrected chi connectivity index (χ4v) is 3.02. The molecule has 2 rings (SSSR count). The van der Waals surface area contributed by atoms with Gasteiger partial charge >= 0.3 is 0 Å². The fourth-order valence-electron chi connectivity index (χ4n) is 3.02. The van der Waals surface area contributed by atoms with Gasteiger partial charge in [0, 0.05) is 19.6 Å². The van der Waals surface area contributed by atoms with Crippen LogP contribution in [-0.2, 0) is 4.79 Å². The highest BCUT2D eigenvalue weighted by Crippen LogP contribution is 2.30. The Kier molecular flexibility index (Phi) is 4.75. The lowest BCUT2D eigenvalue weighted by Crippen LogP contribution is -2.51. The zero-order valence-corrected chi connectivity index (χ0v) is 12.5. The van der Waals surface area contributed by atoms with Gasteiger partial charge in [-0.1, -0.05) is 13.8 Å². The summed E-state index contributed by atoms with van der Waals surface area (Å²) in [6.45, 7) is 6.05. The summed E-state index contributed by atoms with van der Waals surface area (Å²) in [4.78, 5) is 18.8. The lowest BCUT2D eigenvalue weighted by molar-refractivity contribution is -0.144. The smallest absolute Gasteiger partial charge is 0.230 e. The van der Waals surface area contributed by atoms with Gasteiger partial charge in [-0.2, -0.15) is 5.10 Å². The number of rotatable bonds is 5. The number of piperidine rings is 1. The molecule has 0 aliphatic carbocycles. The normalized spacial score (nSPS) is 20.1. The number of aromatic nitrogens is 3. The Labute approximate surface area is 120 Å². The molecule has 0 saturated carbocycles. The maximum atomic E-state index is 12.8. The van der Waals surface area contributed by atoms with Gasteiger partial charge in [-0.3, -0.25) is 4.79 Å².